The fourth-order valence-electron chi connectivity index (χ4n) is 0.979. The third-order valence-corrected chi connectivity index (χ3v) is 1.64. The van der Waals surface area contributed by atoms with Gasteiger partial charge in [-0.05, 0) is 18.2 Å². The number of hydrogen-bond acceptors (Lipinski definition) is 3. The highest BCUT2D eigenvalue weighted by molar-refractivity contribution is 5.89. The molecule has 0 unspecified atom stereocenters. The lowest BCUT2D eigenvalue weighted by Crippen LogP contribution is -2.08. The Hall–Kier alpha value is -1.76. The van der Waals surface area contributed by atoms with E-state index < -0.39 is 23.3 Å². The van der Waals surface area contributed by atoms with Crippen molar-refractivity contribution in [1.29, 1.82) is 0 Å². The fraction of sp³-hybridized carbons (Fsp3) is 0.125. The highest BCUT2D eigenvalue weighted by atomic mass is 19.4. The van der Waals surface area contributed by atoms with Crippen LogP contribution in [0.4, 0.5) is 18.9 Å². The number of carboxylic acids is 1. The molecule has 82 valence electrons. The normalized spacial score (nSPS) is 11.2. The van der Waals surface area contributed by atoms with Crippen molar-refractivity contribution in [2.24, 2.45) is 0 Å². The predicted molar refractivity (Wildman–Crippen MR) is 43.8 cm³/mol. The minimum absolute atomic E-state index is 0.331. The molecule has 0 saturated carbocycles. The zero-order valence-corrected chi connectivity index (χ0v) is 7.17. The highest BCUT2D eigenvalue weighted by Crippen LogP contribution is 2.31. The molecule has 4 nitrogen and oxygen atoms in total. The van der Waals surface area contributed by atoms with Gasteiger partial charge in [-0.15, -0.1) is 0 Å². The summed E-state index contributed by atoms with van der Waals surface area (Å²) in [5, 5.41) is 16.9. The van der Waals surface area contributed by atoms with E-state index in [4.69, 9.17) is 10.3 Å². The number of rotatable bonds is 2. The van der Waals surface area contributed by atoms with Gasteiger partial charge < -0.3 is 5.11 Å². The molecular formula is C8H6F3NO3. The number of carbonyl (C=O) groups is 1. The predicted octanol–water partition coefficient (Wildman–Crippen LogP) is 2.20. The second-order valence-electron chi connectivity index (χ2n) is 2.71. The van der Waals surface area contributed by atoms with Crippen LogP contribution in [-0.4, -0.2) is 16.3 Å². The quantitative estimate of drug-likeness (QED) is 0.669. The van der Waals surface area contributed by atoms with Crippen molar-refractivity contribution < 1.29 is 28.3 Å². The summed E-state index contributed by atoms with van der Waals surface area (Å²) in [6.07, 6.45) is -4.66. The van der Waals surface area contributed by atoms with E-state index >= 15 is 0 Å². The SMILES string of the molecule is O=C(O)c1cc(NO)cc(C(F)(F)F)c1. The van der Waals surface area contributed by atoms with Gasteiger partial charge in [-0.1, -0.05) is 0 Å². The van der Waals surface area contributed by atoms with Crippen molar-refractivity contribution in [2.45, 2.75) is 6.18 Å². The zero-order valence-electron chi connectivity index (χ0n) is 7.17. The number of nitrogens with one attached hydrogen (secondary N) is 1. The molecule has 1 aromatic carbocycles. The van der Waals surface area contributed by atoms with Gasteiger partial charge in [0.25, 0.3) is 0 Å². The first kappa shape index (κ1) is 11.3. The van der Waals surface area contributed by atoms with E-state index in [0.717, 1.165) is 6.07 Å². The number of carboxylic acid groups (broad SMARTS) is 1. The topological polar surface area (TPSA) is 69.6 Å². The Balaban J connectivity index is 3.30. The molecule has 0 atom stereocenters. The van der Waals surface area contributed by atoms with Gasteiger partial charge in [0.15, 0.2) is 0 Å². The highest BCUT2D eigenvalue weighted by Gasteiger charge is 2.31. The lowest BCUT2D eigenvalue weighted by atomic mass is 10.1. The molecule has 1 rings (SSSR count). The van der Waals surface area contributed by atoms with E-state index in [1.54, 1.807) is 0 Å². The van der Waals surface area contributed by atoms with E-state index in [2.05, 4.69) is 0 Å². The first-order chi connectivity index (χ1) is 6.84. The van der Waals surface area contributed by atoms with E-state index in [0.29, 0.717) is 12.1 Å². The van der Waals surface area contributed by atoms with Gasteiger partial charge in [0.2, 0.25) is 0 Å². The Morgan fingerprint density at radius 3 is 2.27 bits per heavy atom. The maximum atomic E-state index is 12.2. The summed E-state index contributed by atoms with van der Waals surface area (Å²) >= 11 is 0. The molecular weight excluding hydrogens is 215 g/mol. The van der Waals surface area contributed by atoms with E-state index in [1.807, 2.05) is 0 Å². The number of aromatic carboxylic acids is 1. The van der Waals surface area contributed by atoms with Gasteiger partial charge in [0.1, 0.15) is 0 Å². The van der Waals surface area contributed by atoms with E-state index in [-0.39, 0.29) is 5.69 Å². The largest absolute Gasteiger partial charge is 0.478 e. The van der Waals surface area contributed by atoms with E-state index in [9.17, 15) is 18.0 Å². The van der Waals surface area contributed by atoms with Gasteiger partial charge in [-0.2, -0.15) is 13.2 Å². The average molecular weight is 221 g/mol. The summed E-state index contributed by atoms with van der Waals surface area (Å²) in [4.78, 5) is 10.5. The van der Waals surface area contributed by atoms with Crippen LogP contribution >= 0.6 is 0 Å². The fourth-order valence-corrected chi connectivity index (χ4v) is 0.979. The molecule has 0 amide bonds. The average Bonchev–Trinajstić information content (AvgIpc) is 2.15. The number of benzene rings is 1. The second kappa shape index (κ2) is 3.77. The van der Waals surface area contributed by atoms with Gasteiger partial charge in [0.05, 0.1) is 16.8 Å². The number of hydrogen-bond donors (Lipinski definition) is 3. The minimum atomic E-state index is -4.66. The molecule has 0 bridgehead atoms. The van der Waals surface area contributed by atoms with Crippen LogP contribution in [-0.2, 0) is 6.18 Å². The van der Waals surface area contributed by atoms with Crippen LogP contribution in [0.5, 0.6) is 0 Å². The first-order valence-corrected chi connectivity index (χ1v) is 3.70. The molecule has 3 N–H and O–H groups in total. The van der Waals surface area contributed by atoms with Gasteiger partial charge in [-0.3, -0.25) is 10.7 Å². The summed E-state index contributed by atoms with van der Waals surface area (Å²) in [7, 11) is 0. The van der Waals surface area contributed by atoms with Crippen LogP contribution in [0.15, 0.2) is 18.2 Å². The van der Waals surface area contributed by atoms with Crippen molar-refractivity contribution in [1.82, 2.24) is 0 Å². The van der Waals surface area contributed by atoms with Crippen molar-refractivity contribution in [3.63, 3.8) is 0 Å². The summed E-state index contributed by atoms with van der Waals surface area (Å²) in [5.74, 6) is -1.50. The summed E-state index contributed by atoms with van der Waals surface area (Å²) in [5.41, 5.74) is -0.554. The minimum Gasteiger partial charge on any atom is -0.478 e. The first-order valence-electron chi connectivity index (χ1n) is 3.70. The molecule has 0 radical (unpaired) electrons. The molecule has 0 aliphatic rings. The molecule has 0 aliphatic heterocycles. The van der Waals surface area contributed by atoms with Gasteiger partial charge in [-0.25, -0.2) is 4.79 Å². The molecule has 7 heteroatoms. The molecule has 15 heavy (non-hydrogen) atoms. The smallest absolute Gasteiger partial charge is 0.416 e. The van der Waals surface area contributed by atoms with Crippen LogP contribution in [0, 0.1) is 0 Å². The Bertz CT molecular complexity index is 389. The standard InChI is InChI=1S/C8H6F3NO3/c9-8(10,11)5-1-4(7(13)14)2-6(3-5)12-15/h1-3,12,15H,(H,13,14). The van der Waals surface area contributed by atoms with Crippen LogP contribution < -0.4 is 5.48 Å². The third-order valence-electron chi connectivity index (χ3n) is 1.64. The van der Waals surface area contributed by atoms with E-state index in [1.165, 1.54) is 5.48 Å². The summed E-state index contributed by atoms with van der Waals surface area (Å²) < 4.78 is 36.7. The number of alkyl halides is 3. The van der Waals surface area contributed by atoms with Gasteiger partial charge in [0, 0.05) is 0 Å². The molecule has 0 aromatic heterocycles. The van der Waals surface area contributed by atoms with Crippen LogP contribution in [0.1, 0.15) is 15.9 Å². The Morgan fingerprint density at radius 2 is 1.87 bits per heavy atom. The van der Waals surface area contributed by atoms with Crippen molar-refractivity contribution in [2.75, 3.05) is 5.48 Å². The van der Waals surface area contributed by atoms with Crippen LogP contribution in [0.2, 0.25) is 0 Å². The number of halogens is 3. The van der Waals surface area contributed by atoms with Crippen LogP contribution in [0.3, 0.4) is 0 Å². The maximum absolute atomic E-state index is 12.2. The molecule has 1 aromatic rings. The Morgan fingerprint density at radius 1 is 1.27 bits per heavy atom. The lowest BCUT2D eigenvalue weighted by Gasteiger charge is -2.09. The Labute approximate surface area is 81.9 Å². The third kappa shape index (κ3) is 2.59. The monoisotopic (exact) mass is 221 g/mol. The summed E-state index contributed by atoms with van der Waals surface area (Å²) in [6, 6.07) is 1.98. The zero-order chi connectivity index (χ0) is 11.6. The molecule has 0 spiro atoms. The Kier molecular flexibility index (Phi) is 2.85. The maximum Gasteiger partial charge on any atom is 0.416 e. The van der Waals surface area contributed by atoms with Crippen molar-refractivity contribution in [3.05, 3.63) is 29.3 Å². The lowest BCUT2D eigenvalue weighted by molar-refractivity contribution is -0.137. The van der Waals surface area contributed by atoms with Gasteiger partial charge >= 0.3 is 12.1 Å². The van der Waals surface area contributed by atoms with Crippen molar-refractivity contribution >= 4 is 11.7 Å². The summed E-state index contributed by atoms with van der Waals surface area (Å²) in [6.45, 7) is 0. The number of anilines is 1. The second-order valence-corrected chi connectivity index (χ2v) is 2.71. The molecule has 0 heterocycles. The molecule has 0 fully saturated rings. The van der Waals surface area contributed by atoms with Crippen LogP contribution in [0.25, 0.3) is 0 Å². The molecule has 0 aliphatic carbocycles. The van der Waals surface area contributed by atoms with Crippen molar-refractivity contribution in [3.8, 4) is 0 Å². The molecule has 0 saturated heterocycles.